The van der Waals surface area contributed by atoms with Crippen LogP contribution in [0, 0.1) is 10.1 Å². The van der Waals surface area contributed by atoms with Crippen LogP contribution in [-0.2, 0) is 9.59 Å². The summed E-state index contributed by atoms with van der Waals surface area (Å²) < 4.78 is 0. The zero-order valence-corrected chi connectivity index (χ0v) is 14.2. The van der Waals surface area contributed by atoms with E-state index in [-0.39, 0.29) is 23.2 Å². The summed E-state index contributed by atoms with van der Waals surface area (Å²) in [5.41, 5.74) is 0.525. The van der Waals surface area contributed by atoms with Crippen LogP contribution in [0.1, 0.15) is 39.2 Å². The molecule has 0 heterocycles. The first-order valence-electron chi connectivity index (χ1n) is 7.92. The van der Waals surface area contributed by atoms with Gasteiger partial charge in [0.25, 0.3) is 11.6 Å². The third kappa shape index (κ3) is 5.83. The second kappa shape index (κ2) is 9.44. The molecule has 0 aliphatic rings. The molecule has 2 amide bonds. The number of carbonyl (C=O) groups is 2. The number of amides is 2. The standard InChI is InChI=1S/C17H23N3O4/c1-4-9-19(10-5-2)17(22)16(18-13(3)21)12-14-7-6-8-15(11-14)20(23)24/h6-8,11-12H,4-5,9-10H2,1-3H3,(H,18,21). The van der Waals surface area contributed by atoms with Crippen molar-refractivity contribution in [3.05, 3.63) is 45.6 Å². The fourth-order valence-electron chi connectivity index (χ4n) is 2.26. The first-order valence-corrected chi connectivity index (χ1v) is 7.92. The van der Waals surface area contributed by atoms with E-state index in [2.05, 4.69) is 5.32 Å². The van der Waals surface area contributed by atoms with Gasteiger partial charge in [0.15, 0.2) is 0 Å². The quantitative estimate of drug-likeness (QED) is 0.450. The molecule has 0 spiro atoms. The molecule has 0 radical (unpaired) electrons. The van der Waals surface area contributed by atoms with Crippen molar-refractivity contribution in [1.82, 2.24) is 10.2 Å². The molecule has 0 aliphatic heterocycles. The predicted octanol–water partition coefficient (Wildman–Crippen LogP) is 2.72. The Labute approximate surface area is 141 Å². The van der Waals surface area contributed by atoms with Crippen LogP contribution in [0.25, 0.3) is 6.08 Å². The number of rotatable bonds is 8. The van der Waals surface area contributed by atoms with Crippen LogP contribution in [0.4, 0.5) is 5.69 Å². The van der Waals surface area contributed by atoms with E-state index >= 15 is 0 Å². The Morgan fingerprint density at radius 1 is 1.25 bits per heavy atom. The van der Waals surface area contributed by atoms with Crippen LogP contribution in [0.15, 0.2) is 30.0 Å². The molecule has 7 heteroatoms. The van der Waals surface area contributed by atoms with E-state index < -0.39 is 4.92 Å². The molecular weight excluding hydrogens is 310 g/mol. The van der Waals surface area contributed by atoms with Crippen LogP contribution in [0.3, 0.4) is 0 Å². The van der Waals surface area contributed by atoms with Crippen LogP contribution in [-0.4, -0.2) is 34.7 Å². The maximum Gasteiger partial charge on any atom is 0.270 e. The summed E-state index contributed by atoms with van der Waals surface area (Å²) in [5.74, 6) is -0.659. The second-order valence-corrected chi connectivity index (χ2v) is 5.38. The number of nitrogens with zero attached hydrogens (tertiary/aromatic N) is 2. The van der Waals surface area contributed by atoms with E-state index in [9.17, 15) is 19.7 Å². The van der Waals surface area contributed by atoms with Crippen molar-refractivity contribution in [3.8, 4) is 0 Å². The molecule has 0 aliphatic carbocycles. The van der Waals surface area contributed by atoms with Gasteiger partial charge in [-0.1, -0.05) is 26.0 Å². The van der Waals surface area contributed by atoms with Gasteiger partial charge >= 0.3 is 0 Å². The molecule has 24 heavy (non-hydrogen) atoms. The van der Waals surface area contributed by atoms with E-state index in [4.69, 9.17) is 0 Å². The van der Waals surface area contributed by atoms with Crippen molar-refractivity contribution in [2.75, 3.05) is 13.1 Å². The Bertz CT molecular complexity index is 634. The summed E-state index contributed by atoms with van der Waals surface area (Å²) in [6, 6.07) is 5.92. The predicted molar refractivity (Wildman–Crippen MR) is 92.1 cm³/mol. The summed E-state index contributed by atoms with van der Waals surface area (Å²) in [7, 11) is 0. The highest BCUT2D eigenvalue weighted by molar-refractivity contribution is 6.01. The van der Waals surface area contributed by atoms with E-state index in [0.29, 0.717) is 18.7 Å². The van der Waals surface area contributed by atoms with Crippen molar-refractivity contribution in [3.63, 3.8) is 0 Å². The molecule has 0 saturated carbocycles. The largest absolute Gasteiger partial charge is 0.337 e. The number of carbonyl (C=O) groups excluding carboxylic acids is 2. The molecule has 0 saturated heterocycles. The first kappa shape index (κ1) is 19.3. The van der Waals surface area contributed by atoms with Crippen molar-refractivity contribution in [2.45, 2.75) is 33.6 Å². The molecular formula is C17H23N3O4. The third-order valence-electron chi connectivity index (χ3n) is 3.21. The molecule has 0 bridgehead atoms. The summed E-state index contributed by atoms with van der Waals surface area (Å²) in [4.78, 5) is 36.2. The SMILES string of the molecule is CCCN(CCC)C(=O)C(=Cc1cccc([N+](=O)[O-])c1)NC(C)=O. The minimum Gasteiger partial charge on any atom is -0.337 e. The lowest BCUT2D eigenvalue weighted by atomic mass is 10.1. The van der Waals surface area contributed by atoms with Crippen LogP contribution in [0.5, 0.6) is 0 Å². The van der Waals surface area contributed by atoms with Crippen molar-refractivity contribution in [1.29, 1.82) is 0 Å². The number of benzene rings is 1. The Morgan fingerprint density at radius 2 is 1.88 bits per heavy atom. The van der Waals surface area contributed by atoms with Gasteiger partial charge in [0, 0.05) is 32.1 Å². The Morgan fingerprint density at radius 3 is 2.38 bits per heavy atom. The highest BCUT2D eigenvalue weighted by atomic mass is 16.6. The van der Waals surface area contributed by atoms with Gasteiger partial charge in [-0.2, -0.15) is 0 Å². The fourth-order valence-corrected chi connectivity index (χ4v) is 2.26. The van der Waals surface area contributed by atoms with E-state index in [1.807, 2.05) is 13.8 Å². The smallest absolute Gasteiger partial charge is 0.270 e. The highest BCUT2D eigenvalue weighted by Crippen LogP contribution is 2.16. The summed E-state index contributed by atoms with van der Waals surface area (Å²) in [6.07, 6.45) is 3.07. The van der Waals surface area contributed by atoms with Crippen LogP contribution in [0.2, 0.25) is 0 Å². The van der Waals surface area contributed by atoms with Crippen molar-refractivity contribution in [2.24, 2.45) is 0 Å². The van der Waals surface area contributed by atoms with Gasteiger partial charge in [0.05, 0.1) is 4.92 Å². The number of non-ortho nitro benzene ring substituents is 1. The van der Waals surface area contributed by atoms with E-state index in [1.165, 1.54) is 31.2 Å². The lowest BCUT2D eigenvalue weighted by molar-refractivity contribution is -0.384. The molecule has 1 rings (SSSR count). The van der Waals surface area contributed by atoms with E-state index in [0.717, 1.165) is 12.8 Å². The topological polar surface area (TPSA) is 92.6 Å². The zero-order valence-electron chi connectivity index (χ0n) is 14.2. The second-order valence-electron chi connectivity index (χ2n) is 5.38. The summed E-state index contributed by atoms with van der Waals surface area (Å²) >= 11 is 0. The van der Waals surface area contributed by atoms with E-state index in [1.54, 1.807) is 11.0 Å². The molecule has 0 unspecified atom stereocenters. The Balaban J connectivity index is 3.19. The minimum atomic E-state index is -0.502. The van der Waals surface area contributed by atoms with Gasteiger partial charge in [-0.3, -0.25) is 19.7 Å². The maximum atomic E-state index is 12.7. The number of hydrogen-bond donors (Lipinski definition) is 1. The molecule has 1 aromatic carbocycles. The Hall–Kier alpha value is -2.70. The highest BCUT2D eigenvalue weighted by Gasteiger charge is 2.18. The Kier molecular flexibility index (Phi) is 7.61. The maximum absolute atomic E-state index is 12.7. The lowest BCUT2D eigenvalue weighted by Crippen LogP contribution is -2.38. The first-order chi connectivity index (χ1) is 11.4. The zero-order chi connectivity index (χ0) is 18.1. The third-order valence-corrected chi connectivity index (χ3v) is 3.21. The van der Waals surface area contributed by atoms with Gasteiger partial charge in [-0.25, -0.2) is 0 Å². The number of nitrogens with one attached hydrogen (secondary N) is 1. The molecule has 0 atom stereocenters. The fraction of sp³-hybridized carbons (Fsp3) is 0.412. The average molecular weight is 333 g/mol. The average Bonchev–Trinajstić information content (AvgIpc) is 2.53. The summed E-state index contributed by atoms with van der Waals surface area (Å²) in [6.45, 7) is 6.42. The molecule has 0 aromatic heterocycles. The number of nitro groups is 1. The van der Waals surface area contributed by atoms with Crippen LogP contribution >= 0.6 is 0 Å². The number of hydrogen-bond acceptors (Lipinski definition) is 4. The summed E-state index contributed by atoms with van der Waals surface area (Å²) in [5, 5.41) is 13.4. The molecule has 130 valence electrons. The van der Waals surface area contributed by atoms with Crippen LogP contribution < -0.4 is 5.32 Å². The molecule has 0 fully saturated rings. The normalized spacial score (nSPS) is 11.0. The van der Waals surface area contributed by atoms with Gasteiger partial charge in [0.2, 0.25) is 5.91 Å². The van der Waals surface area contributed by atoms with Crippen molar-refractivity contribution < 1.29 is 14.5 Å². The monoisotopic (exact) mass is 333 g/mol. The van der Waals surface area contributed by atoms with Gasteiger partial charge in [0.1, 0.15) is 5.70 Å². The van der Waals surface area contributed by atoms with Gasteiger partial charge in [-0.05, 0) is 24.5 Å². The minimum absolute atomic E-state index is 0.0719. The van der Waals surface area contributed by atoms with Gasteiger partial charge in [-0.15, -0.1) is 0 Å². The number of nitro benzene ring substituents is 1. The van der Waals surface area contributed by atoms with Gasteiger partial charge < -0.3 is 10.2 Å². The van der Waals surface area contributed by atoms with Crippen molar-refractivity contribution >= 4 is 23.6 Å². The lowest BCUT2D eigenvalue weighted by Gasteiger charge is -2.23. The molecule has 1 aromatic rings. The molecule has 1 N–H and O–H groups in total. The molecule has 7 nitrogen and oxygen atoms in total.